The van der Waals surface area contributed by atoms with Crippen molar-refractivity contribution in [2.45, 2.75) is 6.61 Å². The van der Waals surface area contributed by atoms with Gasteiger partial charge in [0.05, 0.1) is 0 Å². The lowest BCUT2D eigenvalue weighted by atomic mass is 10.2. The lowest BCUT2D eigenvalue weighted by Crippen LogP contribution is -1.89. The average molecular weight is 205 g/mol. The molecule has 15 heavy (non-hydrogen) atoms. The molecule has 0 atom stereocenters. The fraction of sp³-hybridized carbons (Fsp3) is 0.200. The molecule has 0 bridgehead atoms. The van der Waals surface area contributed by atoms with Crippen molar-refractivity contribution in [3.63, 3.8) is 0 Å². The van der Waals surface area contributed by atoms with Crippen LogP contribution in [-0.2, 0) is 11.3 Å². The highest BCUT2D eigenvalue weighted by Crippen LogP contribution is 2.19. The van der Waals surface area contributed by atoms with E-state index in [1.165, 1.54) is 0 Å². The van der Waals surface area contributed by atoms with Gasteiger partial charge in [-0.1, -0.05) is 11.2 Å². The number of ether oxygens (including phenoxy) is 1. The number of nitrogens with two attached hydrogens (primary N) is 1. The smallest absolute Gasteiger partial charge is 0.258 e. The van der Waals surface area contributed by atoms with E-state index in [4.69, 9.17) is 15.0 Å². The third-order valence-electron chi connectivity index (χ3n) is 1.88. The summed E-state index contributed by atoms with van der Waals surface area (Å²) in [6.07, 6.45) is 0. The summed E-state index contributed by atoms with van der Waals surface area (Å²) in [4.78, 5) is 4.15. The predicted octanol–water partition coefficient (Wildman–Crippen LogP) is 1.47. The highest BCUT2D eigenvalue weighted by molar-refractivity contribution is 5.59. The number of hydrogen-bond donors (Lipinski definition) is 1. The van der Waals surface area contributed by atoms with E-state index in [2.05, 4.69) is 10.1 Å². The Morgan fingerprint density at radius 2 is 2.33 bits per heavy atom. The normalized spacial score (nSPS) is 10.5. The molecule has 0 radical (unpaired) electrons. The van der Waals surface area contributed by atoms with Crippen molar-refractivity contribution < 1.29 is 9.26 Å². The number of nitrogen functional groups attached to an aromatic ring is 1. The summed E-state index contributed by atoms with van der Waals surface area (Å²) < 4.78 is 9.95. The maximum atomic E-state index is 5.65. The van der Waals surface area contributed by atoms with Crippen LogP contribution in [0.5, 0.6) is 0 Å². The first-order valence-corrected chi connectivity index (χ1v) is 4.47. The van der Waals surface area contributed by atoms with Gasteiger partial charge < -0.3 is 15.0 Å². The summed E-state index contributed by atoms with van der Waals surface area (Å²) in [7, 11) is 1.58. The quantitative estimate of drug-likeness (QED) is 0.768. The van der Waals surface area contributed by atoms with E-state index in [0.717, 1.165) is 5.56 Å². The highest BCUT2D eigenvalue weighted by Gasteiger charge is 2.08. The van der Waals surface area contributed by atoms with Crippen molar-refractivity contribution in [1.82, 2.24) is 10.1 Å². The zero-order valence-corrected chi connectivity index (χ0v) is 8.30. The third-order valence-corrected chi connectivity index (χ3v) is 1.88. The van der Waals surface area contributed by atoms with Crippen LogP contribution >= 0.6 is 0 Å². The van der Waals surface area contributed by atoms with Gasteiger partial charge in [0.25, 0.3) is 5.89 Å². The number of benzene rings is 1. The largest absolute Gasteiger partial charge is 0.399 e. The minimum absolute atomic E-state index is 0.339. The number of hydrogen-bond acceptors (Lipinski definition) is 5. The predicted molar refractivity (Wildman–Crippen MR) is 54.9 cm³/mol. The number of aromatic nitrogens is 2. The van der Waals surface area contributed by atoms with E-state index in [0.29, 0.717) is 24.0 Å². The van der Waals surface area contributed by atoms with Gasteiger partial charge in [-0.05, 0) is 18.2 Å². The molecule has 0 aliphatic rings. The molecule has 1 heterocycles. The Morgan fingerprint density at radius 3 is 3.07 bits per heavy atom. The molecule has 1 aromatic heterocycles. The maximum Gasteiger partial charge on any atom is 0.258 e. The molecule has 2 N–H and O–H groups in total. The molecule has 78 valence electrons. The molecule has 0 amide bonds. The van der Waals surface area contributed by atoms with Gasteiger partial charge in [0.1, 0.15) is 6.61 Å². The fourth-order valence-corrected chi connectivity index (χ4v) is 1.23. The summed E-state index contributed by atoms with van der Waals surface area (Å²) in [5, 5.41) is 3.76. The molecule has 0 aliphatic heterocycles. The Kier molecular flexibility index (Phi) is 2.64. The minimum Gasteiger partial charge on any atom is -0.399 e. The van der Waals surface area contributed by atoms with Gasteiger partial charge in [-0.2, -0.15) is 4.98 Å². The zero-order chi connectivity index (χ0) is 10.7. The second-order valence-corrected chi connectivity index (χ2v) is 3.07. The number of rotatable bonds is 3. The van der Waals surface area contributed by atoms with Crippen LogP contribution < -0.4 is 5.73 Å². The Bertz CT molecular complexity index is 453. The van der Waals surface area contributed by atoms with Gasteiger partial charge >= 0.3 is 0 Å². The molecule has 0 fully saturated rings. The van der Waals surface area contributed by atoms with Crippen molar-refractivity contribution in [2.24, 2.45) is 0 Å². The van der Waals surface area contributed by atoms with Crippen molar-refractivity contribution in [1.29, 1.82) is 0 Å². The number of nitrogens with zero attached hydrogens (tertiary/aromatic N) is 2. The van der Waals surface area contributed by atoms with Gasteiger partial charge in [0.2, 0.25) is 0 Å². The molecule has 2 aromatic rings. The van der Waals surface area contributed by atoms with E-state index in [1.807, 2.05) is 12.1 Å². The third kappa shape index (κ3) is 2.13. The summed E-state index contributed by atoms with van der Waals surface area (Å²) >= 11 is 0. The van der Waals surface area contributed by atoms with E-state index in [9.17, 15) is 0 Å². The van der Waals surface area contributed by atoms with E-state index >= 15 is 0 Å². The summed E-state index contributed by atoms with van der Waals surface area (Å²) in [6, 6.07) is 7.28. The molecule has 5 nitrogen and oxygen atoms in total. The lowest BCUT2D eigenvalue weighted by Gasteiger charge is -1.95. The fourth-order valence-electron chi connectivity index (χ4n) is 1.23. The SMILES string of the molecule is COCc1noc(-c2cccc(N)c2)n1. The molecule has 0 unspecified atom stereocenters. The van der Waals surface area contributed by atoms with Crippen LogP contribution in [-0.4, -0.2) is 17.3 Å². The first kappa shape index (κ1) is 9.67. The summed E-state index contributed by atoms with van der Waals surface area (Å²) in [6.45, 7) is 0.339. The molecular weight excluding hydrogens is 194 g/mol. The average Bonchev–Trinajstić information content (AvgIpc) is 2.67. The molecule has 0 saturated heterocycles. The zero-order valence-electron chi connectivity index (χ0n) is 8.30. The number of methoxy groups -OCH3 is 1. The molecule has 5 heteroatoms. The van der Waals surface area contributed by atoms with Gasteiger partial charge in [-0.3, -0.25) is 0 Å². The van der Waals surface area contributed by atoms with Crippen LogP contribution in [0.3, 0.4) is 0 Å². The Morgan fingerprint density at radius 1 is 1.47 bits per heavy atom. The summed E-state index contributed by atoms with van der Waals surface area (Å²) in [5.74, 6) is 0.976. The molecule has 1 aromatic carbocycles. The molecular formula is C10H11N3O2. The van der Waals surface area contributed by atoms with Gasteiger partial charge in [-0.25, -0.2) is 0 Å². The molecule has 0 saturated carbocycles. The maximum absolute atomic E-state index is 5.65. The second-order valence-electron chi connectivity index (χ2n) is 3.07. The van der Waals surface area contributed by atoms with E-state index < -0.39 is 0 Å². The standard InChI is InChI=1S/C10H11N3O2/c1-14-6-9-12-10(15-13-9)7-3-2-4-8(11)5-7/h2-5H,6,11H2,1H3. The van der Waals surface area contributed by atoms with Crippen LogP contribution in [0.15, 0.2) is 28.8 Å². The monoisotopic (exact) mass is 205 g/mol. The topological polar surface area (TPSA) is 74.2 Å². The Labute approximate surface area is 86.9 Å². The van der Waals surface area contributed by atoms with Crippen LogP contribution in [0.25, 0.3) is 11.5 Å². The van der Waals surface area contributed by atoms with Gasteiger partial charge in [0.15, 0.2) is 5.82 Å². The van der Waals surface area contributed by atoms with Crippen molar-refractivity contribution in [3.05, 3.63) is 30.1 Å². The van der Waals surface area contributed by atoms with Gasteiger partial charge in [-0.15, -0.1) is 0 Å². The molecule has 0 aliphatic carbocycles. The first-order valence-electron chi connectivity index (χ1n) is 4.47. The van der Waals surface area contributed by atoms with Crippen molar-refractivity contribution in [2.75, 3.05) is 12.8 Å². The van der Waals surface area contributed by atoms with Crippen LogP contribution in [0.2, 0.25) is 0 Å². The molecule has 0 spiro atoms. The van der Waals surface area contributed by atoms with Crippen LogP contribution in [0, 0.1) is 0 Å². The lowest BCUT2D eigenvalue weighted by molar-refractivity contribution is 0.174. The molecule has 2 rings (SSSR count). The number of anilines is 1. The minimum atomic E-state index is 0.339. The summed E-state index contributed by atoms with van der Waals surface area (Å²) in [5.41, 5.74) is 7.12. The first-order chi connectivity index (χ1) is 7.29. The van der Waals surface area contributed by atoms with Crippen LogP contribution in [0.1, 0.15) is 5.82 Å². The van der Waals surface area contributed by atoms with E-state index in [-0.39, 0.29) is 0 Å². The van der Waals surface area contributed by atoms with Crippen molar-refractivity contribution in [3.8, 4) is 11.5 Å². The van der Waals surface area contributed by atoms with Gasteiger partial charge in [0, 0.05) is 18.4 Å². The Hall–Kier alpha value is -1.88. The Balaban J connectivity index is 2.29. The second kappa shape index (κ2) is 4.10. The highest BCUT2D eigenvalue weighted by atomic mass is 16.5. The van der Waals surface area contributed by atoms with E-state index in [1.54, 1.807) is 19.2 Å². The van der Waals surface area contributed by atoms with Crippen LogP contribution in [0.4, 0.5) is 5.69 Å². The van der Waals surface area contributed by atoms with Crippen molar-refractivity contribution >= 4 is 5.69 Å².